The van der Waals surface area contributed by atoms with Gasteiger partial charge in [0.1, 0.15) is 5.54 Å². The van der Waals surface area contributed by atoms with Crippen LogP contribution in [-0.2, 0) is 15.1 Å². The van der Waals surface area contributed by atoms with E-state index in [1.54, 1.807) is 19.1 Å². The molecule has 1 aromatic heterocycles. The standard InChI is InChI=1S/C12H15NO4/c1-9-3-2-4-10(14)13(9)12(11(15)16)5-7-17-8-6-12/h2-4H,5-8H2,1H3,(H,15,16). The third-order valence-corrected chi connectivity index (χ3v) is 3.30. The summed E-state index contributed by atoms with van der Waals surface area (Å²) < 4.78 is 6.58. The molecule has 17 heavy (non-hydrogen) atoms. The lowest BCUT2D eigenvalue weighted by Crippen LogP contribution is -2.51. The first-order chi connectivity index (χ1) is 8.08. The van der Waals surface area contributed by atoms with Gasteiger partial charge >= 0.3 is 5.97 Å². The molecular weight excluding hydrogens is 222 g/mol. The molecule has 1 aliphatic rings. The molecule has 1 saturated heterocycles. The van der Waals surface area contributed by atoms with E-state index in [4.69, 9.17) is 4.74 Å². The van der Waals surface area contributed by atoms with Gasteiger partial charge in [0.15, 0.2) is 0 Å². The van der Waals surface area contributed by atoms with Crippen LogP contribution in [-0.4, -0.2) is 28.9 Å². The minimum absolute atomic E-state index is 0.269. The first-order valence-corrected chi connectivity index (χ1v) is 5.58. The van der Waals surface area contributed by atoms with Crippen molar-refractivity contribution >= 4 is 5.97 Å². The lowest BCUT2D eigenvalue weighted by atomic mass is 9.89. The molecule has 5 nitrogen and oxygen atoms in total. The van der Waals surface area contributed by atoms with E-state index in [-0.39, 0.29) is 5.56 Å². The summed E-state index contributed by atoms with van der Waals surface area (Å²) in [5.74, 6) is -0.961. The Morgan fingerprint density at radius 1 is 1.41 bits per heavy atom. The second kappa shape index (κ2) is 4.33. The van der Waals surface area contributed by atoms with Crippen LogP contribution < -0.4 is 5.56 Å². The molecule has 92 valence electrons. The first kappa shape index (κ1) is 11.9. The summed E-state index contributed by atoms with van der Waals surface area (Å²) in [6.45, 7) is 2.49. The molecule has 0 amide bonds. The number of carbonyl (C=O) groups is 1. The first-order valence-electron chi connectivity index (χ1n) is 5.58. The number of nitrogens with zero attached hydrogens (tertiary/aromatic N) is 1. The van der Waals surface area contributed by atoms with Crippen molar-refractivity contribution in [3.05, 3.63) is 34.2 Å². The molecule has 0 bridgehead atoms. The van der Waals surface area contributed by atoms with E-state index in [1.165, 1.54) is 10.6 Å². The molecule has 0 spiro atoms. The zero-order valence-corrected chi connectivity index (χ0v) is 9.68. The third kappa shape index (κ3) is 1.86. The smallest absolute Gasteiger partial charge is 0.330 e. The van der Waals surface area contributed by atoms with Crippen LogP contribution >= 0.6 is 0 Å². The quantitative estimate of drug-likeness (QED) is 0.824. The van der Waals surface area contributed by atoms with Gasteiger partial charge in [0.2, 0.25) is 0 Å². The molecule has 1 fully saturated rings. The average molecular weight is 237 g/mol. The Labute approximate surface area is 98.6 Å². The number of ether oxygens (including phenoxy) is 1. The maximum Gasteiger partial charge on any atom is 0.330 e. The fourth-order valence-electron chi connectivity index (χ4n) is 2.38. The van der Waals surface area contributed by atoms with Crippen molar-refractivity contribution in [2.24, 2.45) is 0 Å². The summed E-state index contributed by atoms with van der Waals surface area (Å²) in [6.07, 6.45) is 0.653. The number of pyridine rings is 1. The van der Waals surface area contributed by atoms with Gasteiger partial charge in [0.05, 0.1) is 0 Å². The molecule has 0 radical (unpaired) electrons. The number of hydrogen-bond donors (Lipinski definition) is 1. The molecule has 5 heteroatoms. The van der Waals surface area contributed by atoms with Crippen LogP contribution in [0.5, 0.6) is 0 Å². The molecule has 0 saturated carbocycles. The van der Waals surface area contributed by atoms with E-state index in [0.29, 0.717) is 31.7 Å². The highest BCUT2D eigenvalue weighted by atomic mass is 16.5. The number of hydrogen-bond acceptors (Lipinski definition) is 3. The zero-order valence-electron chi connectivity index (χ0n) is 9.68. The largest absolute Gasteiger partial charge is 0.479 e. The summed E-state index contributed by atoms with van der Waals surface area (Å²) in [4.78, 5) is 23.5. The Hall–Kier alpha value is -1.62. The van der Waals surface area contributed by atoms with Crippen molar-refractivity contribution in [3.8, 4) is 0 Å². The Morgan fingerprint density at radius 3 is 2.59 bits per heavy atom. The van der Waals surface area contributed by atoms with Crippen molar-refractivity contribution < 1.29 is 14.6 Å². The van der Waals surface area contributed by atoms with E-state index in [9.17, 15) is 14.7 Å². The SMILES string of the molecule is Cc1cccc(=O)n1C1(C(=O)O)CCOCC1. The highest BCUT2D eigenvalue weighted by molar-refractivity contribution is 5.77. The van der Waals surface area contributed by atoms with Gasteiger partial charge in [-0.3, -0.25) is 9.36 Å². The molecule has 1 N–H and O–H groups in total. The molecule has 1 aliphatic heterocycles. The van der Waals surface area contributed by atoms with Gasteiger partial charge in [-0.05, 0) is 13.0 Å². The summed E-state index contributed by atoms with van der Waals surface area (Å²) in [6, 6.07) is 4.79. The van der Waals surface area contributed by atoms with E-state index in [0.717, 1.165) is 0 Å². The molecule has 0 unspecified atom stereocenters. The predicted molar refractivity (Wildman–Crippen MR) is 61.1 cm³/mol. The Balaban J connectivity index is 2.61. The Bertz CT molecular complexity index is 486. The summed E-state index contributed by atoms with van der Waals surface area (Å²) in [5, 5.41) is 9.48. The van der Waals surface area contributed by atoms with Crippen LogP contribution in [0.2, 0.25) is 0 Å². The van der Waals surface area contributed by atoms with Crippen LogP contribution in [0.3, 0.4) is 0 Å². The van der Waals surface area contributed by atoms with Gasteiger partial charge in [-0.15, -0.1) is 0 Å². The number of aliphatic carboxylic acids is 1. The number of carboxylic acids is 1. The number of aryl methyl sites for hydroxylation is 1. The Kier molecular flexibility index (Phi) is 3.02. The number of carboxylic acid groups (broad SMARTS) is 1. The molecule has 0 atom stereocenters. The van der Waals surface area contributed by atoms with Crippen LogP contribution in [0, 0.1) is 6.92 Å². The summed E-state index contributed by atoms with van der Waals surface area (Å²) >= 11 is 0. The van der Waals surface area contributed by atoms with Crippen molar-refractivity contribution in [2.75, 3.05) is 13.2 Å². The minimum Gasteiger partial charge on any atom is -0.479 e. The van der Waals surface area contributed by atoms with Crippen molar-refractivity contribution in [3.63, 3.8) is 0 Å². The van der Waals surface area contributed by atoms with E-state index >= 15 is 0 Å². The number of rotatable bonds is 2. The molecule has 2 heterocycles. The fourth-order valence-corrected chi connectivity index (χ4v) is 2.38. The van der Waals surface area contributed by atoms with Gasteiger partial charge in [0.25, 0.3) is 5.56 Å². The maximum atomic E-state index is 11.9. The highest BCUT2D eigenvalue weighted by Crippen LogP contribution is 2.29. The zero-order chi connectivity index (χ0) is 12.5. The van der Waals surface area contributed by atoms with Crippen molar-refractivity contribution in [1.29, 1.82) is 0 Å². The van der Waals surface area contributed by atoms with Crippen LogP contribution in [0.4, 0.5) is 0 Å². The van der Waals surface area contributed by atoms with Crippen LogP contribution in [0.15, 0.2) is 23.0 Å². The third-order valence-electron chi connectivity index (χ3n) is 3.30. The molecule has 0 aromatic carbocycles. The average Bonchev–Trinajstić information content (AvgIpc) is 2.29. The summed E-state index contributed by atoms with van der Waals surface area (Å²) in [7, 11) is 0. The fraction of sp³-hybridized carbons (Fsp3) is 0.500. The van der Waals surface area contributed by atoms with E-state index in [2.05, 4.69) is 0 Å². The lowest BCUT2D eigenvalue weighted by molar-refractivity contribution is -0.153. The molecule has 1 aromatic rings. The highest BCUT2D eigenvalue weighted by Gasteiger charge is 2.43. The molecule has 0 aliphatic carbocycles. The maximum absolute atomic E-state index is 11.9. The van der Waals surface area contributed by atoms with Crippen LogP contribution in [0.1, 0.15) is 18.5 Å². The van der Waals surface area contributed by atoms with E-state index < -0.39 is 11.5 Å². The van der Waals surface area contributed by atoms with Crippen LogP contribution in [0.25, 0.3) is 0 Å². The van der Waals surface area contributed by atoms with Crippen molar-refractivity contribution in [1.82, 2.24) is 4.57 Å². The number of aromatic nitrogens is 1. The second-order valence-corrected chi connectivity index (χ2v) is 4.29. The van der Waals surface area contributed by atoms with Gasteiger partial charge in [-0.25, -0.2) is 4.79 Å². The topological polar surface area (TPSA) is 68.5 Å². The van der Waals surface area contributed by atoms with Gasteiger partial charge < -0.3 is 9.84 Å². The molecular formula is C12H15NO4. The normalized spacial score (nSPS) is 18.9. The summed E-state index contributed by atoms with van der Waals surface area (Å²) in [5.41, 5.74) is -0.753. The lowest BCUT2D eigenvalue weighted by Gasteiger charge is -2.36. The minimum atomic E-state index is -1.15. The molecule has 2 rings (SSSR count). The van der Waals surface area contributed by atoms with Gasteiger partial charge in [0, 0.05) is 37.8 Å². The monoisotopic (exact) mass is 237 g/mol. The van der Waals surface area contributed by atoms with Gasteiger partial charge in [-0.1, -0.05) is 6.07 Å². The van der Waals surface area contributed by atoms with Crippen molar-refractivity contribution in [2.45, 2.75) is 25.3 Å². The van der Waals surface area contributed by atoms with E-state index in [1.807, 2.05) is 0 Å². The van der Waals surface area contributed by atoms with Gasteiger partial charge in [-0.2, -0.15) is 0 Å². The predicted octanol–water partition coefficient (Wildman–Crippen LogP) is 0.747. The Morgan fingerprint density at radius 2 is 2.06 bits per heavy atom. The second-order valence-electron chi connectivity index (χ2n) is 4.29.